The second kappa shape index (κ2) is 7.56. The molecule has 1 saturated heterocycles. The Morgan fingerprint density at radius 2 is 1.75 bits per heavy atom. The summed E-state index contributed by atoms with van der Waals surface area (Å²) in [5.41, 5.74) is 0. The number of hydrogen-bond acceptors (Lipinski definition) is 7. The molecule has 146 valence electrons. The molecule has 0 aliphatic carbocycles. The Morgan fingerprint density at radius 3 is 2.39 bits per heavy atom. The summed E-state index contributed by atoms with van der Waals surface area (Å²) in [7, 11) is -2.04. The summed E-state index contributed by atoms with van der Waals surface area (Å²) in [6.45, 7) is 1.85. The summed E-state index contributed by atoms with van der Waals surface area (Å²) in [4.78, 5) is 6.26. The molecule has 0 spiro atoms. The van der Waals surface area contributed by atoms with E-state index in [1.165, 1.54) is 11.4 Å². The van der Waals surface area contributed by atoms with Gasteiger partial charge >= 0.3 is 0 Å². The van der Waals surface area contributed by atoms with Gasteiger partial charge in [0.15, 0.2) is 11.6 Å². The summed E-state index contributed by atoms with van der Waals surface area (Å²) in [6.07, 6.45) is 5.13. The van der Waals surface area contributed by atoms with Crippen molar-refractivity contribution in [2.24, 2.45) is 0 Å². The Balaban J connectivity index is 1.44. The first-order chi connectivity index (χ1) is 13.6. The van der Waals surface area contributed by atoms with E-state index < -0.39 is 10.0 Å². The zero-order valence-corrected chi connectivity index (χ0v) is 16.2. The number of nitrogens with zero attached hydrogens (tertiary/aromatic N) is 6. The first-order valence-corrected chi connectivity index (χ1v) is 10.2. The minimum Gasteiger partial charge on any atom is -0.497 e. The molecule has 2 aromatic heterocycles. The predicted octanol–water partition coefficient (Wildman–Crippen LogP) is 1.18. The average Bonchev–Trinajstić information content (AvgIpc) is 3.29. The van der Waals surface area contributed by atoms with Gasteiger partial charge in [0.2, 0.25) is 10.0 Å². The fourth-order valence-electron chi connectivity index (χ4n) is 3.09. The van der Waals surface area contributed by atoms with Gasteiger partial charge < -0.3 is 9.64 Å². The SMILES string of the molecule is COc1cccc(S(=O)(=O)N2CCN(c3ccc(-n4ccnc4)nn3)CC2)c1. The number of aromatic nitrogens is 4. The summed E-state index contributed by atoms with van der Waals surface area (Å²) < 4.78 is 34.2. The van der Waals surface area contributed by atoms with Gasteiger partial charge in [0.25, 0.3) is 0 Å². The number of rotatable bonds is 5. The molecule has 9 nitrogen and oxygen atoms in total. The fourth-order valence-corrected chi connectivity index (χ4v) is 4.55. The highest BCUT2D eigenvalue weighted by Gasteiger charge is 2.29. The van der Waals surface area contributed by atoms with E-state index in [0.29, 0.717) is 37.7 Å². The van der Waals surface area contributed by atoms with Crippen LogP contribution < -0.4 is 9.64 Å². The molecule has 0 N–H and O–H groups in total. The molecule has 0 bridgehead atoms. The minimum atomic E-state index is -3.56. The number of benzene rings is 1. The van der Waals surface area contributed by atoms with Crippen molar-refractivity contribution in [3.8, 4) is 11.6 Å². The molecule has 4 rings (SSSR count). The normalized spacial score (nSPS) is 15.5. The summed E-state index contributed by atoms with van der Waals surface area (Å²) in [5.74, 6) is 1.93. The van der Waals surface area contributed by atoms with Crippen LogP contribution in [0.1, 0.15) is 0 Å². The number of ether oxygens (including phenoxy) is 1. The van der Waals surface area contributed by atoms with E-state index in [4.69, 9.17) is 4.74 Å². The van der Waals surface area contributed by atoms with Gasteiger partial charge in [-0.15, -0.1) is 10.2 Å². The second-order valence-electron chi connectivity index (χ2n) is 6.29. The zero-order chi connectivity index (χ0) is 19.6. The highest BCUT2D eigenvalue weighted by Crippen LogP contribution is 2.23. The Hall–Kier alpha value is -2.98. The number of imidazole rings is 1. The minimum absolute atomic E-state index is 0.241. The Bertz CT molecular complexity index is 1030. The number of piperazine rings is 1. The van der Waals surface area contributed by atoms with Crippen LogP contribution in [0.4, 0.5) is 5.82 Å². The van der Waals surface area contributed by atoms with Gasteiger partial charge in [-0.2, -0.15) is 4.31 Å². The van der Waals surface area contributed by atoms with E-state index in [-0.39, 0.29) is 4.90 Å². The van der Waals surface area contributed by atoms with Gasteiger partial charge in [0.1, 0.15) is 12.1 Å². The lowest BCUT2D eigenvalue weighted by molar-refractivity contribution is 0.382. The molecule has 0 unspecified atom stereocenters. The highest BCUT2D eigenvalue weighted by atomic mass is 32.2. The van der Waals surface area contributed by atoms with Crippen LogP contribution in [0.25, 0.3) is 5.82 Å². The Labute approximate surface area is 163 Å². The molecular formula is C18H20N6O3S. The van der Waals surface area contributed by atoms with Crippen molar-refractivity contribution < 1.29 is 13.2 Å². The lowest BCUT2D eigenvalue weighted by Gasteiger charge is -2.34. The predicted molar refractivity (Wildman–Crippen MR) is 103 cm³/mol. The molecule has 1 aliphatic rings. The van der Waals surface area contributed by atoms with Crippen molar-refractivity contribution in [2.75, 3.05) is 38.2 Å². The molecule has 1 aromatic carbocycles. The first kappa shape index (κ1) is 18.4. The third kappa shape index (κ3) is 3.56. The van der Waals surface area contributed by atoms with Crippen LogP contribution >= 0.6 is 0 Å². The standard InChI is InChI=1S/C18H20N6O3S/c1-27-15-3-2-4-16(13-15)28(25,26)24-11-9-22(10-12-24)17-5-6-18(21-20-17)23-8-7-19-14-23/h2-8,13-14H,9-12H2,1H3. The smallest absolute Gasteiger partial charge is 0.243 e. The number of sulfonamides is 1. The molecule has 3 aromatic rings. The topological polar surface area (TPSA) is 93.5 Å². The molecule has 28 heavy (non-hydrogen) atoms. The van der Waals surface area contributed by atoms with Crippen LogP contribution in [0.2, 0.25) is 0 Å². The molecule has 1 aliphatic heterocycles. The van der Waals surface area contributed by atoms with Crippen molar-refractivity contribution in [1.29, 1.82) is 0 Å². The lowest BCUT2D eigenvalue weighted by Crippen LogP contribution is -2.49. The molecule has 0 saturated carbocycles. The molecule has 0 amide bonds. The fraction of sp³-hybridized carbons (Fsp3) is 0.278. The number of methoxy groups -OCH3 is 1. The zero-order valence-electron chi connectivity index (χ0n) is 15.3. The quantitative estimate of drug-likeness (QED) is 0.635. The summed E-state index contributed by atoms with van der Waals surface area (Å²) in [6, 6.07) is 10.3. The van der Waals surface area contributed by atoms with Crippen LogP contribution in [0.15, 0.2) is 60.0 Å². The first-order valence-electron chi connectivity index (χ1n) is 8.79. The summed E-state index contributed by atoms with van der Waals surface area (Å²) in [5, 5.41) is 8.49. The maximum Gasteiger partial charge on any atom is 0.243 e. The Kier molecular flexibility index (Phi) is 4.97. The van der Waals surface area contributed by atoms with Crippen LogP contribution in [0.5, 0.6) is 5.75 Å². The molecule has 10 heteroatoms. The van der Waals surface area contributed by atoms with E-state index in [1.54, 1.807) is 47.6 Å². The van der Waals surface area contributed by atoms with Crippen LogP contribution in [0.3, 0.4) is 0 Å². The molecule has 0 atom stereocenters. The third-order valence-electron chi connectivity index (χ3n) is 4.65. The van der Waals surface area contributed by atoms with Crippen molar-refractivity contribution >= 4 is 15.8 Å². The number of anilines is 1. The monoisotopic (exact) mass is 400 g/mol. The van der Waals surface area contributed by atoms with Crippen molar-refractivity contribution in [1.82, 2.24) is 24.1 Å². The maximum absolute atomic E-state index is 12.9. The molecule has 3 heterocycles. The van der Waals surface area contributed by atoms with E-state index >= 15 is 0 Å². The van der Waals surface area contributed by atoms with Gasteiger partial charge in [-0.25, -0.2) is 13.4 Å². The van der Waals surface area contributed by atoms with E-state index in [9.17, 15) is 8.42 Å². The Morgan fingerprint density at radius 1 is 1.00 bits per heavy atom. The van der Waals surface area contributed by atoms with Crippen LogP contribution in [0, 0.1) is 0 Å². The maximum atomic E-state index is 12.9. The van der Waals surface area contributed by atoms with Gasteiger partial charge in [-0.05, 0) is 24.3 Å². The lowest BCUT2D eigenvalue weighted by atomic mass is 10.3. The van der Waals surface area contributed by atoms with E-state index in [0.717, 1.165) is 5.82 Å². The second-order valence-corrected chi connectivity index (χ2v) is 8.23. The average molecular weight is 400 g/mol. The van der Waals surface area contributed by atoms with Crippen molar-refractivity contribution in [3.05, 3.63) is 55.1 Å². The van der Waals surface area contributed by atoms with E-state index in [1.807, 2.05) is 17.0 Å². The largest absolute Gasteiger partial charge is 0.497 e. The van der Waals surface area contributed by atoms with Crippen LogP contribution in [-0.4, -0.2) is 65.8 Å². The van der Waals surface area contributed by atoms with Gasteiger partial charge in [-0.1, -0.05) is 6.07 Å². The highest BCUT2D eigenvalue weighted by molar-refractivity contribution is 7.89. The molecule has 0 radical (unpaired) electrons. The number of hydrogen-bond donors (Lipinski definition) is 0. The van der Waals surface area contributed by atoms with Gasteiger partial charge in [0.05, 0.1) is 12.0 Å². The van der Waals surface area contributed by atoms with Crippen molar-refractivity contribution in [2.45, 2.75) is 4.90 Å². The van der Waals surface area contributed by atoms with E-state index in [2.05, 4.69) is 15.2 Å². The molecule has 1 fully saturated rings. The molecular weight excluding hydrogens is 380 g/mol. The third-order valence-corrected chi connectivity index (χ3v) is 6.54. The van der Waals surface area contributed by atoms with Crippen LogP contribution in [-0.2, 0) is 10.0 Å². The van der Waals surface area contributed by atoms with Crippen molar-refractivity contribution in [3.63, 3.8) is 0 Å². The summed E-state index contributed by atoms with van der Waals surface area (Å²) >= 11 is 0. The van der Waals surface area contributed by atoms with Gasteiger partial charge in [0, 0.05) is 44.6 Å². The van der Waals surface area contributed by atoms with Gasteiger partial charge in [-0.3, -0.25) is 4.57 Å².